The average molecular weight is 1610 g/mol. The Morgan fingerprint density at radius 2 is 0.757 bits per heavy atom. The standard InChI is InChI=1S/C28H31F3N2O7.C28H31F3N2O5.C27H27F3N2O5/c1-4-33-21-13-19(6-8-22(21)39-23(9-10-34)26(33)36)32-25(35)11-17-14-27(15-37-2,16-38-3)40-24-12-18(28(29,30)31)5-7-20(17)24;1-4-27(5-2)16-17(20-9-7-18(28(29,30)31)14-24(20)38-27)13-25(35)32-19-8-10-22-21(15-19)33(6-3)26(36)23(37-22)11-12-34;1-2-32-20-14-18(5-7-21(20)36-22(8-11-33)25(32)35)31-24(34)12-16-15-26(9-3-10-26)37-23-13-17(27(28,29)30)4-6-19(16)23/h5-8,11-13,23,34H,4,9-10,14-16H2,1-3H3,(H,32,35);7-10,13-15,23,34H,4-6,11-12,16H2,1-3H3,(H,32,35);4-7,12-14,22,33H,2-3,8-11,15H2,1H3,(H,31,34)/b17-11+;17-13+;16-12+. The van der Waals surface area contributed by atoms with Crippen molar-refractivity contribution in [2.45, 2.75) is 159 Å². The number of anilines is 6. The van der Waals surface area contributed by atoms with E-state index in [4.69, 9.17) is 37.9 Å². The van der Waals surface area contributed by atoms with Gasteiger partial charge in [0.1, 0.15) is 45.7 Å². The molecule has 6 aromatic rings. The van der Waals surface area contributed by atoms with Crippen LogP contribution in [-0.4, -0.2) is 153 Å². The van der Waals surface area contributed by atoms with Crippen molar-refractivity contribution < 1.29 is 121 Å². The molecule has 1 aliphatic carbocycles. The minimum Gasteiger partial charge on any atom is -0.486 e. The Hall–Kier alpha value is -10.7. The molecule has 23 nitrogen and oxygen atoms in total. The summed E-state index contributed by atoms with van der Waals surface area (Å²) in [5.41, 5.74) is 0.712. The molecule has 6 heterocycles. The third kappa shape index (κ3) is 19.0. The summed E-state index contributed by atoms with van der Waals surface area (Å²) in [5, 5.41) is 36.1. The summed E-state index contributed by atoms with van der Waals surface area (Å²) < 4.78 is 166. The van der Waals surface area contributed by atoms with Crippen LogP contribution in [0.5, 0.6) is 34.5 Å². The number of fused-ring (bicyclic) bond motifs is 6. The normalized spacial score (nSPS) is 19.7. The van der Waals surface area contributed by atoms with Gasteiger partial charge in [-0.05, 0) is 161 Å². The SMILES string of the molecule is CCN1C(=O)C(CCO)Oc2ccc(NC(=O)/C=C3\CC(CC)(CC)Oc4cc(C(F)(F)F)ccc43)cc21.CCN1C(=O)C(CCO)Oc2ccc(NC(=O)/C=C3\CC(COC)(COC)Oc4cc(C(F)(F)F)ccc43)cc21.CCN1C(=O)C(CCO)Oc2ccc(NC(=O)/C=C3\CC4(CCC4)Oc4cc(C(F)(F)F)ccc43)cc21. The molecule has 3 unspecified atom stereocenters. The first-order valence-corrected chi connectivity index (χ1v) is 37.6. The van der Waals surface area contributed by atoms with Crippen LogP contribution >= 0.6 is 0 Å². The summed E-state index contributed by atoms with van der Waals surface area (Å²) in [4.78, 5) is 82.1. The van der Waals surface area contributed by atoms with E-state index in [2.05, 4.69) is 16.0 Å². The Balaban J connectivity index is 0.000000170. The maximum absolute atomic E-state index is 13.4. The molecule has 6 amide bonds. The zero-order valence-electron chi connectivity index (χ0n) is 64.1. The Morgan fingerprint density at radius 3 is 1.04 bits per heavy atom. The number of carbonyl (C=O) groups excluding carboxylic acids is 6. The van der Waals surface area contributed by atoms with Crippen LogP contribution in [-0.2, 0) is 56.8 Å². The van der Waals surface area contributed by atoms with Gasteiger partial charge in [0.05, 0.1) is 47.0 Å². The smallest absolute Gasteiger partial charge is 0.416 e. The number of benzene rings is 6. The van der Waals surface area contributed by atoms with Gasteiger partial charge in [0.25, 0.3) is 17.7 Å². The largest absolute Gasteiger partial charge is 0.486 e. The molecule has 7 aliphatic rings. The highest BCUT2D eigenvalue weighted by molar-refractivity contribution is 6.09. The van der Waals surface area contributed by atoms with E-state index in [1.165, 1.54) is 60.4 Å². The maximum Gasteiger partial charge on any atom is 0.416 e. The highest BCUT2D eigenvalue weighted by Gasteiger charge is 2.47. The molecule has 0 radical (unpaired) electrons. The molecular weight excluding hydrogens is 1520 g/mol. The Morgan fingerprint density at radius 1 is 0.443 bits per heavy atom. The predicted molar refractivity (Wildman–Crippen MR) is 408 cm³/mol. The second-order valence-corrected chi connectivity index (χ2v) is 28.6. The van der Waals surface area contributed by atoms with Gasteiger partial charge in [0.2, 0.25) is 17.7 Å². The van der Waals surface area contributed by atoms with Crippen LogP contribution in [0.2, 0.25) is 0 Å². The fourth-order valence-electron chi connectivity index (χ4n) is 15.0. The Bertz CT molecular complexity index is 4740. The molecule has 3 atom stereocenters. The zero-order chi connectivity index (χ0) is 83.1. The molecule has 0 saturated heterocycles. The zero-order valence-corrected chi connectivity index (χ0v) is 64.1. The molecule has 13 rings (SSSR count). The maximum atomic E-state index is 13.4. The van der Waals surface area contributed by atoms with Crippen molar-refractivity contribution >= 4 is 86.3 Å². The second-order valence-electron chi connectivity index (χ2n) is 28.6. The number of ether oxygens (including phenoxy) is 8. The summed E-state index contributed by atoms with van der Waals surface area (Å²) in [6, 6.07) is 24.5. The lowest BCUT2D eigenvalue weighted by Gasteiger charge is -2.46. The number of hydrogen-bond acceptors (Lipinski definition) is 17. The van der Waals surface area contributed by atoms with Crippen LogP contribution < -0.4 is 59.1 Å². The molecule has 1 spiro atoms. The van der Waals surface area contributed by atoms with E-state index in [0.717, 1.165) is 42.8 Å². The van der Waals surface area contributed by atoms with Crippen molar-refractivity contribution in [2.75, 3.05) is 97.5 Å². The molecule has 6 aromatic carbocycles. The number of aliphatic hydroxyl groups excluding tert-OH is 3. The van der Waals surface area contributed by atoms with Crippen molar-refractivity contribution in [1.82, 2.24) is 0 Å². The molecule has 0 bridgehead atoms. The minimum absolute atomic E-state index is 0.0124. The molecule has 6 N–H and O–H groups in total. The van der Waals surface area contributed by atoms with Crippen molar-refractivity contribution in [3.63, 3.8) is 0 Å². The summed E-state index contributed by atoms with van der Waals surface area (Å²) in [5.74, 6) is -0.667. The van der Waals surface area contributed by atoms with Gasteiger partial charge in [-0.3, -0.25) is 28.8 Å². The summed E-state index contributed by atoms with van der Waals surface area (Å²) in [7, 11) is 2.88. The van der Waals surface area contributed by atoms with Gasteiger partial charge in [0.15, 0.2) is 23.9 Å². The highest BCUT2D eigenvalue weighted by atomic mass is 19.4. The number of likely N-dealkylation sites (N-methyl/N-ethyl adjacent to an activating group) is 3. The minimum atomic E-state index is -4.58. The highest BCUT2D eigenvalue weighted by Crippen LogP contribution is 2.52. The predicted octanol–water partition coefficient (Wildman–Crippen LogP) is 14.5. The fraction of sp³-hybridized carbons (Fsp3) is 0.422. The number of methoxy groups -OCH3 is 2. The monoisotopic (exact) mass is 1610 g/mol. The summed E-state index contributed by atoms with van der Waals surface area (Å²) in [6.45, 7) is 9.83. The van der Waals surface area contributed by atoms with E-state index in [1.807, 2.05) is 27.7 Å². The van der Waals surface area contributed by atoms with E-state index >= 15 is 0 Å². The fourth-order valence-corrected chi connectivity index (χ4v) is 15.0. The molecule has 6 aliphatic heterocycles. The van der Waals surface area contributed by atoms with Gasteiger partial charge in [-0.1, -0.05) is 32.0 Å². The van der Waals surface area contributed by atoms with Gasteiger partial charge in [0, 0.05) is 144 Å². The van der Waals surface area contributed by atoms with Gasteiger partial charge in [-0.2, -0.15) is 39.5 Å². The molecule has 115 heavy (non-hydrogen) atoms. The topological polar surface area (TPSA) is 283 Å². The third-order valence-electron chi connectivity index (χ3n) is 20.9. The summed E-state index contributed by atoms with van der Waals surface area (Å²) in [6.07, 6.45) is -6.92. The van der Waals surface area contributed by atoms with Crippen LogP contribution in [0.3, 0.4) is 0 Å². The first-order chi connectivity index (χ1) is 54.7. The summed E-state index contributed by atoms with van der Waals surface area (Å²) >= 11 is 0. The van der Waals surface area contributed by atoms with E-state index in [-0.39, 0.29) is 93.7 Å². The van der Waals surface area contributed by atoms with E-state index in [9.17, 15) is 83.6 Å². The van der Waals surface area contributed by atoms with E-state index < -0.39 is 88.1 Å². The van der Waals surface area contributed by atoms with Gasteiger partial charge in [-0.15, -0.1) is 0 Å². The number of alkyl halides is 9. The van der Waals surface area contributed by atoms with Crippen LogP contribution in [0.4, 0.5) is 73.6 Å². The molecule has 0 aromatic heterocycles. The third-order valence-corrected chi connectivity index (χ3v) is 20.9. The van der Waals surface area contributed by atoms with Crippen molar-refractivity contribution in [3.05, 3.63) is 161 Å². The first-order valence-electron chi connectivity index (χ1n) is 37.6. The first kappa shape index (κ1) is 85.2. The lowest BCUT2D eigenvalue weighted by Crippen LogP contribution is -2.47. The van der Waals surface area contributed by atoms with Crippen LogP contribution in [0, 0.1) is 0 Å². The molecule has 616 valence electrons. The van der Waals surface area contributed by atoms with Crippen molar-refractivity contribution in [1.29, 1.82) is 0 Å². The van der Waals surface area contributed by atoms with Crippen molar-refractivity contribution in [2.24, 2.45) is 0 Å². The number of halogens is 9. The number of hydrogen-bond donors (Lipinski definition) is 6. The average Bonchev–Trinajstić information content (AvgIpc) is 0.759. The second kappa shape index (κ2) is 35.2. The van der Waals surface area contributed by atoms with E-state index in [0.29, 0.717) is 143 Å². The number of carbonyl (C=O) groups is 6. The number of nitrogens with one attached hydrogen (secondary N) is 3. The number of aliphatic hydroxyl groups is 3. The molecule has 1 fully saturated rings. The molecular formula is C83H89F9N6O17. The molecule has 1 saturated carbocycles. The lowest BCUT2D eigenvalue weighted by atomic mass is 9.72. The van der Waals surface area contributed by atoms with Crippen molar-refractivity contribution in [3.8, 4) is 34.5 Å². The van der Waals surface area contributed by atoms with Crippen LogP contribution in [0.15, 0.2) is 127 Å². The molecule has 32 heteroatoms. The van der Waals surface area contributed by atoms with Gasteiger partial charge >= 0.3 is 18.5 Å². The van der Waals surface area contributed by atoms with Gasteiger partial charge in [-0.25, -0.2) is 0 Å². The lowest BCUT2D eigenvalue weighted by molar-refractivity contribution is -0.138. The van der Waals surface area contributed by atoms with Gasteiger partial charge < -0.3 is 83.9 Å². The number of rotatable bonds is 21. The van der Waals surface area contributed by atoms with Crippen LogP contribution in [0.1, 0.15) is 139 Å². The number of amides is 6. The van der Waals surface area contributed by atoms with Crippen LogP contribution in [0.25, 0.3) is 16.7 Å². The Labute approximate surface area is 656 Å². The van der Waals surface area contributed by atoms with E-state index in [1.54, 1.807) is 66.4 Å². The number of nitrogens with zero attached hydrogens (tertiary/aromatic N) is 3. The Kier molecular flexibility index (Phi) is 26.1. The quantitative estimate of drug-likeness (QED) is 0.0288.